The second-order valence-corrected chi connectivity index (χ2v) is 8.76. The zero-order valence-electron chi connectivity index (χ0n) is 22.0. The van der Waals surface area contributed by atoms with Gasteiger partial charge in [-0.2, -0.15) is 0 Å². The molecule has 4 rings (SSSR count). The van der Waals surface area contributed by atoms with Crippen LogP contribution >= 0.6 is 0 Å². The van der Waals surface area contributed by atoms with Crippen molar-refractivity contribution in [1.82, 2.24) is 5.32 Å². The van der Waals surface area contributed by atoms with Crippen molar-refractivity contribution < 1.29 is 32.8 Å². The molecule has 0 atom stereocenters. The van der Waals surface area contributed by atoms with Crippen LogP contribution in [0.15, 0.2) is 84.9 Å². The molecule has 0 aliphatic rings. The van der Waals surface area contributed by atoms with Crippen LogP contribution in [-0.4, -0.2) is 39.6 Å². The third-order valence-electron chi connectivity index (χ3n) is 6.55. The summed E-state index contributed by atoms with van der Waals surface area (Å²) in [7, 11) is 4.84. The fourth-order valence-electron chi connectivity index (χ4n) is 4.45. The lowest BCUT2D eigenvalue weighted by Crippen LogP contribution is -2.35. The highest BCUT2D eigenvalue weighted by atomic mass is 19.1. The van der Waals surface area contributed by atoms with Gasteiger partial charge in [0, 0.05) is 18.7 Å². The molecule has 0 radical (unpaired) electrons. The maximum Gasteiger partial charge on any atom is 0.188 e. The molecule has 0 amide bonds. The number of rotatable bonds is 12. The Morgan fingerprint density at radius 1 is 0.667 bits per heavy atom. The summed E-state index contributed by atoms with van der Waals surface area (Å²) in [4.78, 5) is 0. The number of hydrogen-bond donors (Lipinski definition) is 2. The zero-order chi connectivity index (χ0) is 27.8. The number of phenolic OH excluding ortho intramolecular Hbond substituents is 1. The predicted octanol–water partition coefficient (Wildman–Crippen LogP) is 5.79. The van der Waals surface area contributed by atoms with E-state index in [2.05, 4.69) is 5.32 Å². The molecule has 0 saturated heterocycles. The van der Waals surface area contributed by atoms with Crippen molar-refractivity contribution in [2.24, 2.45) is 0 Å². The molecule has 2 N–H and O–H groups in total. The number of hydrogen-bond acceptors (Lipinski definition) is 6. The highest BCUT2D eigenvalue weighted by Gasteiger charge is 2.38. The Morgan fingerprint density at radius 2 is 1.10 bits per heavy atom. The van der Waals surface area contributed by atoms with Gasteiger partial charge in [-0.25, -0.2) is 8.78 Å². The van der Waals surface area contributed by atoms with Crippen LogP contribution in [0.5, 0.6) is 23.0 Å². The lowest BCUT2D eigenvalue weighted by molar-refractivity contribution is 0.0147. The number of benzene rings is 4. The molecule has 6 nitrogen and oxygen atoms in total. The molecule has 0 saturated carbocycles. The first-order valence-corrected chi connectivity index (χ1v) is 12.4. The largest absolute Gasteiger partial charge is 0.503 e. The van der Waals surface area contributed by atoms with E-state index in [9.17, 15) is 13.9 Å². The van der Waals surface area contributed by atoms with Crippen molar-refractivity contribution in [3.8, 4) is 23.0 Å². The van der Waals surface area contributed by atoms with E-state index in [-0.39, 0.29) is 18.7 Å². The van der Waals surface area contributed by atoms with E-state index >= 15 is 0 Å². The van der Waals surface area contributed by atoms with Crippen molar-refractivity contribution in [3.05, 3.63) is 119 Å². The molecule has 0 spiro atoms. The fourth-order valence-corrected chi connectivity index (χ4v) is 4.45. The van der Waals surface area contributed by atoms with Crippen LogP contribution in [0.25, 0.3) is 0 Å². The Morgan fingerprint density at radius 3 is 1.51 bits per heavy atom. The lowest BCUT2D eigenvalue weighted by atomic mass is 9.80. The SMILES string of the molecule is COc1ccc(C(OCCNCc2ccc(F)c(O)c2F)(c2ccc(OC)cc2)c2ccc(OC)cc2)cc1. The minimum Gasteiger partial charge on any atom is -0.503 e. The van der Waals surface area contributed by atoms with Gasteiger partial charge < -0.3 is 29.4 Å². The Labute approximate surface area is 226 Å². The molecular weight excluding hydrogens is 504 g/mol. The summed E-state index contributed by atoms with van der Waals surface area (Å²) < 4.78 is 50.5. The van der Waals surface area contributed by atoms with Crippen LogP contribution in [0, 0.1) is 11.6 Å². The molecule has 0 heterocycles. The van der Waals surface area contributed by atoms with Crippen LogP contribution in [0.2, 0.25) is 0 Å². The maximum atomic E-state index is 14.2. The Bertz CT molecular complexity index is 1240. The molecule has 0 bridgehead atoms. The van der Waals surface area contributed by atoms with E-state index in [1.165, 1.54) is 6.07 Å². The molecule has 39 heavy (non-hydrogen) atoms. The molecule has 0 aliphatic heterocycles. The fraction of sp³-hybridized carbons (Fsp3) is 0.226. The van der Waals surface area contributed by atoms with Gasteiger partial charge in [-0.15, -0.1) is 0 Å². The van der Waals surface area contributed by atoms with Crippen molar-refractivity contribution in [2.45, 2.75) is 12.1 Å². The summed E-state index contributed by atoms with van der Waals surface area (Å²) in [6.07, 6.45) is 0. The molecule has 4 aromatic rings. The zero-order valence-corrected chi connectivity index (χ0v) is 22.0. The van der Waals surface area contributed by atoms with Crippen molar-refractivity contribution in [2.75, 3.05) is 34.5 Å². The first-order valence-electron chi connectivity index (χ1n) is 12.4. The number of ether oxygens (including phenoxy) is 4. The number of nitrogens with one attached hydrogen (secondary N) is 1. The summed E-state index contributed by atoms with van der Waals surface area (Å²) in [6, 6.07) is 25.3. The Hall–Kier alpha value is -4.14. The van der Waals surface area contributed by atoms with Crippen LogP contribution in [-0.2, 0) is 16.9 Å². The Kier molecular flexibility index (Phi) is 9.01. The molecule has 8 heteroatoms. The molecule has 0 aromatic heterocycles. The van der Waals surface area contributed by atoms with Crippen molar-refractivity contribution in [1.29, 1.82) is 0 Å². The standard InChI is InChI=1S/C31H31F2NO5/c1-36-25-11-5-22(6-12-25)31(23-7-13-26(37-2)14-8-23,24-9-15-27(38-3)16-10-24)39-19-18-34-20-21-4-17-28(32)30(35)29(21)33/h4-17,34-35H,18-20H2,1-3H3. The third-order valence-corrected chi connectivity index (χ3v) is 6.55. The number of methoxy groups -OCH3 is 3. The van der Waals surface area contributed by atoms with Gasteiger partial charge in [-0.3, -0.25) is 0 Å². The molecule has 0 aliphatic carbocycles. The van der Waals surface area contributed by atoms with E-state index < -0.39 is 23.0 Å². The summed E-state index contributed by atoms with van der Waals surface area (Å²) in [5.74, 6) is -0.826. The second-order valence-electron chi connectivity index (χ2n) is 8.76. The van der Waals surface area contributed by atoms with Gasteiger partial charge in [0.1, 0.15) is 22.8 Å². The third kappa shape index (κ3) is 5.97. The maximum absolute atomic E-state index is 14.2. The van der Waals surface area contributed by atoms with E-state index in [1.54, 1.807) is 21.3 Å². The quantitative estimate of drug-likeness (QED) is 0.177. The predicted molar refractivity (Wildman–Crippen MR) is 145 cm³/mol. The van der Waals surface area contributed by atoms with E-state index in [4.69, 9.17) is 18.9 Å². The summed E-state index contributed by atoms with van der Waals surface area (Å²) >= 11 is 0. The average molecular weight is 536 g/mol. The highest BCUT2D eigenvalue weighted by Crippen LogP contribution is 2.42. The van der Waals surface area contributed by atoms with Gasteiger partial charge >= 0.3 is 0 Å². The number of halogens is 2. The van der Waals surface area contributed by atoms with Gasteiger partial charge in [0.2, 0.25) is 0 Å². The van der Waals surface area contributed by atoms with Gasteiger partial charge in [0.05, 0.1) is 27.9 Å². The normalized spacial score (nSPS) is 11.3. The first-order chi connectivity index (χ1) is 18.9. The first kappa shape index (κ1) is 27.9. The van der Waals surface area contributed by atoms with Crippen LogP contribution in [0.3, 0.4) is 0 Å². The van der Waals surface area contributed by atoms with E-state index in [0.717, 1.165) is 22.8 Å². The highest BCUT2D eigenvalue weighted by molar-refractivity contribution is 5.50. The average Bonchev–Trinajstić information content (AvgIpc) is 2.99. The summed E-state index contributed by atoms with van der Waals surface area (Å²) in [5.41, 5.74) is 1.74. The molecule has 204 valence electrons. The van der Waals surface area contributed by atoms with Gasteiger partial charge in [-0.1, -0.05) is 42.5 Å². The van der Waals surface area contributed by atoms with Crippen LogP contribution < -0.4 is 19.5 Å². The van der Waals surface area contributed by atoms with Crippen LogP contribution in [0.4, 0.5) is 8.78 Å². The smallest absolute Gasteiger partial charge is 0.188 e. The van der Waals surface area contributed by atoms with Crippen molar-refractivity contribution in [3.63, 3.8) is 0 Å². The monoisotopic (exact) mass is 535 g/mol. The van der Waals surface area contributed by atoms with Crippen molar-refractivity contribution >= 4 is 0 Å². The molecule has 4 aromatic carbocycles. The number of aromatic hydroxyl groups is 1. The lowest BCUT2D eigenvalue weighted by Gasteiger charge is -2.36. The Balaban J connectivity index is 1.68. The van der Waals surface area contributed by atoms with Crippen LogP contribution in [0.1, 0.15) is 22.3 Å². The minimum atomic E-state index is -1.02. The van der Waals surface area contributed by atoms with E-state index in [0.29, 0.717) is 23.8 Å². The van der Waals surface area contributed by atoms with Gasteiger partial charge in [0.15, 0.2) is 17.4 Å². The molecule has 0 unspecified atom stereocenters. The number of phenols is 1. The van der Waals surface area contributed by atoms with Gasteiger partial charge in [-0.05, 0) is 59.2 Å². The summed E-state index contributed by atoms with van der Waals surface area (Å²) in [5, 5.41) is 12.7. The molecular formula is C31H31F2NO5. The van der Waals surface area contributed by atoms with Gasteiger partial charge in [0.25, 0.3) is 0 Å². The topological polar surface area (TPSA) is 69.2 Å². The minimum absolute atomic E-state index is 0.0869. The summed E-state index contributed by atoms with van der Waals surface area (Å²) in [6.45, 7) is 0.671. The molecule has 0 fully saturated rings. The van der Waals surface area contributed by atoms with E-state index in [1.807, 2.05) is 72.8 Å². The second kappa shape index (κ2) is 12.6.